The maximum Gasteiger partial charge on any atom is 0.338 e. The van der Waals surface area contributed by atoms with Gasteiger partial charge in [0.05, 0.1) is 30.1 Å². The second kappa shape index (κ2) is 16.4. The molecule has 312 valence electrons. The predicted molar refractivity (Wildman–Crippen MR) is 203 cm³/mol. The quantitative estimate of drug-likeness (QED) is 0.165. The number of ether oxygens (including phenoxy) is 4. The number of amides is 1. The number of nitrogens with one attached hydrogen (secondary N) is 1. The molecule has 14 heteroatoms. The van der Waals surface area contributed by atoms with Gasteiger partial charge in [-0.25, -0.2) is 4.79 Å². The summed E-state index contributed by atoms with van der Waals surface area (Å²) in [6.07, 6.45) is -2.13. The van der Waals surface area contributed by atoms with Crippen LogP contribution >= 0.6 is 0 Å². The summed E-state index contributed by atoms with van der Waals surface area (Å²) in [7, 11) is 0. The highest BCUT2D eigenvalue weighted by Gasteiger charge is 2.78. The van der Waals surface area contributed by atoms with Crippen molar-refractivity contribution >= 4 is 29.6 Å². The molecular weight excluding hydrogens is 738 g/mol. The zero-order valence-electron chi connectivity index (χ0n) is 33.4. The van der Waals surface area contributed by atoms with Crippen LogP contribution in [0.4, 0.5) is 0 Å². The molecule has 2 aliphatic heterocycles. The van der Waals surface area contributed by atoms with Gasteiger partial charge in [0.2, 0.25) is 5.91 Å². The molecule has 0 aromatic heterocycles. The largest absolute Gasteiger partial charge is 0.459 e. The van der Waals surface area contributed by atoms with Gasteiger partial charge in [0.25, 0.3) is 0 Å². The van der Waals surface area contributed by atoms with Gasteiger partial charge in [0, 0.05) is 38.0 Å². The molecule has 5 N–H and O–H groups in total. The standard InChI is InChI=1S/C43H57NO13/c1-24-27-22-43(53)38(36-41(5,37(51)34(49)32(24)40(43,3)4)28(46)21-29-42(36,23-54-29)57-25(2)45)56-31(48)20-16-11-9-7-6-8-10-15-19-30(47)44-33(35(50)39(52)55-27)26-17-13-12-14-18-26/h6-7,12-14,17-18,27-29,33-36,38,46,49-50,53H,8-11,15-16,19-23H2,1-5H3,(H,44,47)/t27-,28-,29-,33-,34-,35-,36-,38-,41+,42-,43+/m0/s1. The van der Waals surface area contributed by atoms with E-state index in [0.717, 1.165) is 12.8 Å². The molecule has 1 saturated heterocycles. The third kappa shape index (κ3) is 7.48. The molecule has 11 atom stereocenters. The van der Waals surface area contributed by atoms with E-state index in [2.05, 4.69) is 5.32 Å². The first-order chi connectivity index (χ1) is 26.9. The SMILES string of the molecule is CC(=O)O[C@@]12CO[C@H]1C[C@H](O)[C@@]1(C)C(=O)[C@@H](O)C3=C(C)[C@@H]4C[C@@](O)([C@@H](OC(=O)CCCCC=CCCCCC(=O)N[C@@H](c5ccccc5)[C@H](O)C(=O)O4)[C@H]21)C3(C)C. The fourth-order valence-electron chi connectivity index (χ4n) is 10.1. The van der Waals surface area contributed by atoms with Gasteiger partial charge in [-0.2, -0.15) is 0 Å². The van der Waals surface area contributed by atoms with Gasteiger partial charge in [-0.3, -0.25) is 19.2 Å². The van der Waals surface area contributed by atoms with Crippen molar-refractivity contribution < 1.29 is 63.3 Å². The number of Topliss-reactive ketones (excluding diaryl/α,β-unsaturated/α-hetero) is 1. The predicted octanol–water partition coefficient (Wildman–Crippen LogP) is 3.23. The van der Waals surface area contributed by atoms with Crippen LogP contribution in [0.2, 0.25) is 0 Å². The summed E-state index contributed by atoms with van der Waals surface area (Å²) in [4.78, 5) is 68.9. The van der Waals surface area contributed by atoms with Crippen LogP contribution in [0.15, 0.2) is 53.6 Å². The lowest BCUT2D eigenvalue weighted by Crippen LogP contribution is -2.81. The van der Waals surface area contributed by atoms with Crippen LogP contribution in [-0.2, 0) is 42.9 Å². The van der Waals surface area contributed by atoms with E-state index in [4.69, 9.17) is 18.9 Å². The average Bonchev–Trinajstić information content (AvgIpc) is 3.15. The molecule has 3 bridgehead atoms. The molecule has 5 aliphatic rings. The van der Waals surface area contributed by atoms with E-state index in [1.807, 2.05) is 12.2 Å². The first-order valence-electron chi connectivity index (χ1n) is 20.1. The van der Waals surface area contributed by atoms with E-state index in [-0.39, 0.29) is 42.9 Å². The zero-order chi connectivity index (χ0) is 41.5. The number of aliphatic hydroxyl groups excluding tert-OH is 3. The highest BCUT2D eigenvalue weighted by molar-refractivity contribution is 5.93. The summed E-state index contributed by atoms with van der Waals surface area (Å²) in [6.45, 7) is 7.07. The Balaban J connectivity index is 1.50. The number of allylic oxidation sites excluding steroid dienone is 2. The van der Waals surface area contributed by atoms with Crippen molar-refractivity contribution in [3.8, 4) is 0 Å². The topological polar surface area (TPSA) is 215 Å². The number of hydrogen-bond acceptors (Lipinski definition) is 13. The maximum atomic E-state index is 14.9. The lowest BCUT2D eigenvalue weighted by Gasteiger charge is -2.67. The molecule has 57 heavy (non-hydrogen) atoms. The second-order valence-corrected chi connectivity index (χ2v) is 17.2. The van der Waals surface area contributed by atoms with Gasteiger partial charge in [-0.05, 0) is 69.1 Å². The summed E-state index contributed by atoms with van der Waals surface area (Å²) in [5.41, 5.74) is -6.81. The Kier molecular flexibility index (Phi) is 12.2. The summed E-state index contributed by atoms with van der Waals surface area (Å²) < 4.78 is 24.2. The number of esters is 3. The molecule has 2 saturated carbocycles. The fourth-order valence-corrected chi connectivity index (χ4v) is 10.1. The summed E-state index contributed by atoms with van der Waals surface area (Å²) >= 11 is 0. The Morgan fingerprint density at radius 2 is 1.56 bits per heavy atom. The Morgan fingerprint density at radius 1 is 0.912 bits per heavy atom. The Bertz CT molecular complexity index is 1790. The molecule has 0 unspecified atom stereocenters. The van der Waals surface area contributed by atoms with Crippen molar-refractivity contribution in [1.82, 2.24) is 5.32 Å². The molecule has 2 heterocycles. The minimum atomic E-state index is -2.27. The second-order valence-electron chi connectivity index (χ2n) is 17.2. The minimum absolute atomic E-state index is 0.0101. The van der Waals surface area contributed by atoms with Crippen LogP contribution < -0.4 is 5.32 Å². The first kappa shape index (κ1) is 42.7. The van der Waals surface area contributed by atoms with E-state index in [1.165, 1.54) is 13.8 Å². The molecule has 0 spiro atoms. The van der Waals surface area contributed by atoms with Gasteiger partial charge in [0.1, 0.15) is 30.0 Å². The smallest absolute Gasteiger partial charge is 0.338 e. The molecule has 0 radical (unpaired) electrons. The number of aliphatic hydroxyl groups is 4. The van der Waals surface area contributed by atoms with Crippen molar-refractivity contribution in [2.75, 3.05) is 6.61 Å². The molecule has 1 aromatic carbocycles. The number of hydrogen-bond donors (Lipinski definition) is 5. The zero-order valence-corrected chi connectivity index (χ0v) is 33.4. The first-order valence-corrected chi connectivity index (χ1v) is 20.1. The van der Waals surface area contributed by atoms with Gasteiger partial charge in [0.15, 0.2) is 17.5 Å². The van der Waals surface area contributed by atoms with Crippen molar-refractivity contribution in [3.05, 3.63) is 59.2 Å². The van der Waals surface area contributed by atoms with Crippen LogP contribution in [-0.4, -0.2) is 104 Å². The van der Waals surface area contributed by atoms with Gasteiger partial charge in [-0.15, -0.1) is 0 Å². The highest BCUT2D eigenvalue weighted by atomic mass is 16.6. The summed E-state index contributed by atoms with van der Waals surface area (Å²) in [5.74, 6) is -5.29. The number of carbonyl (C=O) groups is 5. The monoisotopic (exact) mass is 795 g/mol. The van der Waals surface area contributed by atoms with Crippen molar-refractivity contribution in [1.29, 1.82) is 0 Å². The average molecular weight is 796 g/mol. The van der Waals surface area contributed by atoms with Crippen LogP contribution in [0.25, 0.3) is 0 Å². The highest BCUT2D eigenvalue weighted by Crippen LogP contribution is 2.64. The molecule has 3 fully saturated rings. The molecule has 1 amide bonds. The van der Waals surface area contributed by atoms with Gasteiger partial charge >= 0.3 is 17.9 Å². The van der Waals surface area contributed by atoms with Crippen LogP contribution in [0.5, 0.6) is 0 Å². The minimum Gasteiger partial charge on any atom is -0.459 e. The van der Waals surface area contributed by atoms with E-state index < -0.39 is 101 Å². The van der Waals surface area contributed by atoms with Gasteiger partial charge in [-0.1, -0.05) is 56.3 Å². The third-order valence-corrected chi connectivity index (χ3v) is 13.4. The van der Waals surface area contributed by atoms with Crippen molar-refractivity contribution in [3.63, 3.8) is 0 Å². The summed E-state index contributed by atoms with van der Waals surface area (Å²) in [5, 5.41) is 51.8. The molecule has 14 nitrogen and oxygen atoms in total. The van der Waals surface area contributed by atoms with E-state index in [9.17, 15) is 44.4 Å². The maximum absolute atomic E-state index is 14.9. The number of ketones is 1. The Hall–Kier alpha value is -3.95. The van der Waals surface area contributed by atoms with Crippen LogP contribution in [0.3, 0.4) is 0 Å². The van der Waals surface area contributed by atoms with E-state index in [0.29, 0.717) is 31.2 Å². The fraction of sp³-hybridized carbons (Fsp3) is 0.651. The van der Waals surface area contributed by atoms with Crippen molar-refractivity contribution in [2.24, 2.45) is 16.7 Å². The molecule has 1 aromatic rings. The number of benzene rings is 1. The molecular formula is C43H57NO13. The Morgan fingerprint density at radius 3 is 2.18 bits per heavy atom. The number of rotatable bonds is 2. The van der Waals surface area contributed by atoms with Crippen LogP contribution in [0, 0.1) is 16.7 Å². The van der Waals surface area contributed by atoms with E-state index in [1.54, 1.807) is 51.1 Å². The summed E-state index contributed by atoms with van der Waals surface area (Å²) in [6, 6.07) is 7.24. The molecule has 6 rings (SSSR count). The normalized spacial score (nSPS) is 39.3. The number of fused-ring (bicyclic) bond motifs is 6. The van der Waals surface area contributed by atoms with Crippen LogP contribution in [0.1, 0.15) is 110 Å². The number of carbonyl (C=O) groups excluding carboxylic acids is 5. The van der Waals surface area contributed by atoms with Gasteiger partial charge < -0.3 is 44.7 Å². The van der Waals surface area contributed by atoms with Crippen molar-refractivity contribution in [2.45, 2.75) is 153 Å². The third-order valence-electron chi connectivity index (χ3n) is 13.4. The van der Waals surface area contributed by atoms with E-state index >= 15 is 0 Å². The lowest BCUT2D eigenvalue weighted by molar-refractivity contribution is -0.347. The Labute approximate surface area is 333 Å². The molecule has 3 aliphatic carbocycles. The lowest BCUT2D eigenvalue weighted by atomic mass is 9.44.